The number of amides is 1. The van der Waals surface area contributed by atoms with Crippen molar-refractivity contribution in [1.82, 2.24) is 15.3 Å². The van der Waals surface area contributed by atoms with E-state index in [1.54, 1.807) is 19.0 Å². The molecule has 0 spiro atoms. The lowest BCUT2D eigenvalue weighted by Gasteiger charge is -2.15. The van der Waals surface area contributed by atoms with Crippen molar-refractivity contribution in [3.63, 3.8) is 0 Å². The zero-order valence-corrected chi connectivity index (χ0v) is 10.7. The Hall–Kier alpha value is -1.93. The van der Waals surface area contributed by atoms with Gasteiger partial charge in [0.25, 0.3) is 5.91 Å². The first-order chi connectivity index (χ1) is 8.36. The van der Waals surface area contributed by atoms with Gasteiger partial charge in [-0.1, -0.05) is 11.6 Å². The van der Waals surface area contributed by atoms with Gasteiger partial charge in [-0.2, -0.15) is 0 Å². The van der Waals surface area contributed by atoms with Crippen molar-refractivity contribution in [2.75, 3.05) is 24.7 Å². The van der Waals surface area contributed by atoms with Gasteiger partial charge in [-0.25, -0.2) is 9.97 Å². The zero-order chi connectivity index (χ0) is 13.9. The van der Waals surface area contributed by atoms with Crippen LogP contribution in [0.15, 0.2) is 0 Å². The van der Waals surface area contributed by atoms with Crippen LogP contribution in [0.5, 0.6) is 0 Å². The molecular formula is C9H14ClN7O. The minimum absolute atomic E-state index is 0.0576. The van der Waals surface area contributed by atoms with Gasteiger partial charge >= 0.3 is 0 Å². The number of hydrogen-bond acceptors (Lipinski definition) is 7. The van der Waals surface area contributed by atoms with Crippen LogP contribution in [0.1, 0.15) is 10.5 Å². The molecule has 18 heavy (non-hydrogen) atoms. The van der Waals surface area contributed by atoms with Crippen molar-refractivity contribution in [2.45, 2.75) is 6.17 Å². The lowest BCUT2D eigenvalue weighted by molar-refractivity contribution is 0.0944. The Bertz CT molecular complexity index is 476. The molecule has 98 valence electrons. The van der Waals surface area contributed by atoms with Crippen molar-refractivity contribution in [3.8, 4) is 0 Å². The molecule has 0 bridgehead atoms. The molecule has 0 radical (unpaired) electrons. The highest BCUT2D eigenvalue weighted by atomic mass is 35.5. The maximum Gasteiger partial charge on any atom is 0.275 e. The molecule has 1 rings (SSSR count). The van der Waals surface area contributed by atoms with E-state index in [9.17, 15) is 4.79 Å². The van der Waals surface area contributed by atoms with E-state index in [-0.39, 0.29) is 16.7 Å². The van der Waals surface area contributed by atoms with E-state index in [0.29, 0.717) is 5.82 Å². The molecule has 0 aliphatic carbocycles. The second kappa shape index (κ2) is 5.61. The highest BCUT2D eigenvalue weighted by molar-refractivity contribution is 6.32. The van der Waals surface area contributed by atoms with Gasteiger partial charge in [0.05, 0.1) is 0 Å². The normalized spacial score (nSPS) is 11.8. The summed E-state index contributed by atoms with van der Waals surface area (Å²) in [7, 11) is 3.44. The number of nitrogens with two attached hydrogens (primary N) is 2. The van der Waals surface area contributed by atoms with Crippen molar-refractivity contribution < 1.29 is 4.79 Å². The van der Waals surface area contributed by atoms with Gasteiger partial charge in [0.2, 0.25) is 0 Å². The number of carbonyl (C=O) groups is 1. The van der Waals surface area contributed by atoms with E-state index in [1.807, 2.05) is 0 Å². The maximum atomic E-state index is 11.7. The predicted molar refractivity (Wildman–Crippen MR) is 70.0 cm³/mol. The van der Waals surface area contributed by atoms with E-state index in [4.69, 9.17) is 28.5 Å². The highest BCUT2D eigenvalue weighted by Gasteiger charge is 2.18. The molecule has 0 fully saturated rings. The molecule has 0 aliphatic rings. The third-order valence-electron chi connectivity index (χ3n) is 1.98. The van der Waals surface area contributed by atoms with E-state index in [0.717, 1.165) is 6.21 Å². The fourth-order valence-corrected chi connectivity index (χ4v) is 1.43. The molecule has 1 unspecified atom stereocenters. The van der Waals surface area contributed by atoms with Crippen LogP contribution in [0.3, 0.4) is 0 Å². The summed E-state index contributed by atoms with van der Waals surface area (Å²) >= 11 is 5.88. The molecule has 0 aromatic carbocycles. The lowest BCUT2D eigenvalue weighted by Crippen LogP contribution is -2.43. The van der Waals surface area contributed by atoms with Gasteiger partial charge in [-0.05, 0) is 0 Å². The Kier molecular flexibility index (Phi) is 4.40. The summed E-state index contributed by atoms with van der Waals surface area (Å²) in [5.41, 5.74) is 10.9. The molecule has 1 aromatic heterocycles. The molecule has 1 aromatic rings. The molecule has 6 N–H and O–H groups in total. The van der Waals surface area contributed by atoms with Crippen LogP contribution in [0.4, 0.5) is 11.6 Å². The molecular weight excluding hydrogens is 258 g/mol. The number of halogens is 1. The van der Waals surface area contributed by atoms with Crippen LogP contribution in [-0.4, -0.2) is 42.4 Å². The number of rotatable bonds is 4. The quantitative estimate of drug-likeness (QED) is 0.428. The Balaban J connectivity index is 3.08. The SMILES string of the molecule is CN(C)c1nc(N)c(C(=O)NC(N)C=N)nc1Cl. The van der Waals surface area contributed by atoms with Crippen molar-refractivity contribution in [3.05, 3.63) is 10.8 Å². The Morgan fingerprint density at radius 1 is 1.56 bits per heavy atom. The molecule has 1 amide bonds. The van der Waals surface area contributed by atoms with Crippen molar-refractivity contribution >= 4 is 35.4 Å². The minimum Gasteiger partial charge on any atom is -0.382 e. The number of carbonyl (C=O) groups excluding carboxylic acids is 1. The molecule has 0 saturated carbocycles. The highest BCUT2D eigenvalue weighted by Crippen LogP contribution is 2.22. The molecule has 0 aliphatic heterocycles. The third-order valence-corrected chi connectivity index (χ3v) is 2.23. The predicted octanol–water partition coefficient (Wildman–Crippen LogP) is -0.558. The Morgan fingerprint density at radius 2 is 2.17 bits per heavy atom. The fourth-order valence-electron chi connectivity index (χ4n) is 1.13. The third kappa shape index (κ3) is 3.05. The monoisotopic (exact) mass is 271 g/mol. The van der Waals surface area contributed by atoms with Crippen LogP contribution in [0, 0.1) is 5.41 Å². The first-order valence-corrected chi connectivity index (χ1v) is 5.32. The maximum absolute atomic E-state index is 11.7. The number of hydrogen-bond donors (Lipinski definition) is 4. The first-order valence-electron chi connectivity index (χ1n) is 4.94. The van der Waals surface area contributed by atoms with Gasteiger partial charge in [0.15, 0.2) is 22.5 Å². The Labute approximate surface area is 109 Å². The van der Waals surface area contributed by atoms with Gasteiger partial charge in [-0.15, -0.1) is 0 Å². The summed E-state index contributed by atoms with van der Waals surface area (Å²) in [5, 5.41) is 9.25. The van der Waals surface area contributed by atoms with E-state index in [2.05, 4.69) is 15.3 Å². The molecule has 1 atom stereocenters. The number of anilines is 2. The summed E-state index contributed by atoms with van der Waals surface area (Å²) in [4.78, 5) is 21.2. The van der Waals surface area contributed by atoms with Gasteiger partial charge in [-0.3, -0.25) is 4.79 Å². The second-order valence-corrected chi connectivity index (χ2v) is 3.99. The average molecular weight is 272 g/mol. The van der Waals surface area contributed by atoms with Gasteiger partial charge in [0.1, 0.15) is 6.17 Å². The van der Waals surface area contributed by atoms with Gasteiger partial charge in [0, 0.05) is 20.3 Å². The van der Waals surface area contributed by atoms with Crippen LogP contribution in [-0.2, 0) is 0 Å². The average Bonchev–Trinajstić information content (AvgIpc) is 2.30. The van der Waals surface area contributed by atoms with Crippen LogP contribution < -0.4 is 21.7 Å². The standard InChI is InChI=1S/C9H14ClN7O/c1-17(2)8-6(10)15-5(7(13)16-8)9(18)14-4(12)3-11/h3-4,11H,12H2,1-2H3,(H2,13,16)(H,14,18). The van der Waals surface area contributed by atoms with E-state index >= 15 is 0 Å². The smallest absolute Gasteiger partial charge is 0.275 e. The number of nitrogens with zero attached hydrogens (tertiary/aromatic N) is 3. The fraction of sp³-hybridized carbons (Fsp3) is 0.333. The van der Waals surface area contributed by atoms with Crippen molar-refractivity contribution in [1.29, 1.82) is 5.41 Å². The van der Waals surface area contributed by atoms with Gasteiger partial charge < -0.3 is 27.1 Å². The zero-order valence-electron chi connectivity index (χ0n) is 9.94. The molecule has 0 saturated heterocycles. The summed E-state index contributed by atoms with van der Waals surface area (Å²) in [5.74, 6) is -0.331. The number of nitrogen functional groups attached to an aromatic ring is 1. The van der Waals surface area contributed by atoms with E-state index < -0.39 is 12.1 Å². The first kappa shape index (κ1) is 14.1. The number of nitrogens with one attached hydrogen (secondary N) is 2. The summed E-state index contributed by atoms with van der Waals surface area (Å²) in [6.07, 6.45) is -0.0388. The molecule has 9 heteroatoms. The van der Waals surface area contributed by atoms with Crippen LogP contribution >= 0.6 is 11.6 Å². The van der Waals surface area contributed by atoms with E-state index in [1.165, 1.54) is 0 Å². The summed E-state index contributed by atoms with van der Waals surface area (Å²) in [6.45, 7) is 0. The topological polar surface area (TPSA) is 134 Å². The Morgan fingerprint density at radius 3 is 2.67 bits per heavy atom. The molecule has 1 heterocycles. The van der Waals surface area contributed by atoms with Crippen molar-refractivity contribution in [2.24, 2.45) is 5.73 Å². The second-order valence-electron chi connectivity index (χ2n) is 3.63. The number of aromatic nitrogens is 2. The van der Waals surface area contributed by atoms with Crippen LogP contribution in [0.2, 0.25) is 5.15 Å². The van der Waals surface area contributed by atoms with Crippen LogP contribution in [0.25, 0.3) is 0 Å². The summed E-state index contributed by atoms with van der Waals surface area (Å²) in [6, 6.07) is 0. The minimum atomic E-state index is -0.911. The molecule has 8 nitrogen and oxygen atoms in total. The summed E-state index contributed by atoms with van der Waals surface area (Å²) < 4.78 is 0. The lowest BCUT2D eigenvalue weighted by atomic mass is 10.3. The largest absolute Gasteiger partial charge is 0.382 e.